The standard InChI is InChI=1S/C12H7N3O2/c13-8-10-6-11(15(16)17)7-12(14-10)9-4-2-1-3-5-9/h1-7H. The Labute approximate surface area is 97.1 Å². The SMILES string of the molecule is N#Cc1cc([N+](=O)[O-])cc(-c2ccccc2)n1. The zero-order chi connectivity index (χ0) is 12.3. The van der Waals surface area contributed by atoms with Crippen LogP contribution in [-0.2, 0) is 0 Å². The van der Waals surface area contributed by atoms with Crippen molar-refractivity contribution in [1.82, 2.24) is 4.98 Å². The van der Waals surface area contributed by atoms with E-state index in [-0.39, 0.29) is 11.4 Å². The maximum atomic E-state index is 10.7. The molecule has 0 aliphatic carbocycles. The highest BCUT2D eigenvalue weighted by Crippen LogP contribution is 2.22. The molecule has 0 bridgehead atoms. The highest BCUT2D eigenvalue weighted by atomic mass is 16.6. The molecule has 5 nitrogen and oxygen atoms in total. The fourth-order valence-electron chi connectivity index (χ4n) is 1.44. The molecular formula is C12H7N3O2. The first-order valence-electron chi connectivity index (χ1n) is 4.82. The topological polar surface area (TPSA) is 79.8 Å². The largest absolute Gasteiger partial charge is 0.274 e. The first-order valence-corrected chi connectivity index (χ1v) is 4.82. The van der Waals surface area contributed by atoms with Crippen LogP contribution in [0.1, 0.15) is 5.69 Å². The monoisotopic (exact) mass is 225 g/mol. The Morgan fingerprint density at radius 3 is 2.53 bits per heavy atom. The minimum absolute atomic E-state index is 0.0399. The summed E-state index contributed by atoms with van der Waals surface area (Å²) in [5, 5.41) is 19.5. The van der Waals surface area contributed by atoms with Crippen molar-refractivity contribution in [3.8, 4) is 17.3 Å². The van der Waals surface area contributed by atoms with Crippen molar-refractivity contribution in [2.75, 3.05) is 0 Å². The molecule has 1 aromatic heterocycles. The fraction of sp³-hybridized carbons (Fsp3) is 0. The molecule has 1 aromatic carbocycles. The highest BCUT2D eigenvalue weighted by molar-refractivity contribution is 5.62. The van der Waals surface area contributed by atoms with Crippen LogP contribution in [0.5, 0.6) is 0 Å². The molecule has 0 fully saturated rings. The predicted molar refractivity (Wildman–Crippen MR) is 61.0 cm³/mol. The molecule has 0 spiro atoms. The number of nitrogens with zero attached hydrogens (tertiary/aromatic N) is 3. The van der Waals surface area contributed by atoms with Crippen molar-refractivity contribution in [2.24, 2.45) is 0 Å². The Bertz CT molecular complexity index is 603. The molecule has 82 valence electrons. The van der Waals surface area contributed by atoms with Crippen LogP contribution < -0.4 is 0 Å². The number of pyridine rings is 1. The minimum Gasteiger partial charge on any atom is -0.258 e. The van der Waals surface area contributed by atoms with E-state index in [2.05, 4.69) is 4.98 Å². The normalized spacial score (nSPS) is 9.59. The van der Waals surface area contributed by atoms with Crippen molar-refractivity contribution < 1.29 is 4.92 Å². The Hall–Kier alpha value is -2.74. The maximum absolute atomic E-state index is 10.7. The Kier molecular flexibility index (Phi) is 2.79. The Morgan fingerprint density at radius 2 is 1.94 bits per heavy atom. The lowest BCUT2D eigenvalue weighted by Gasteiger charge is -2.01. The molecule has 2 rings (SSSR count). The minimum atomic E-state index is -0.533. The summed E-state index contributed by atoms with van der Waals surface area (Å²) in [7, 11) is 0. The van der Waals surface area contributed by atoms with E-state index >= 15 is 0 Å². The van der Waals surface area contributed by atoms with Crippen molar-refractivity contribution in [3.05, 3.63) is 58.3 Å². The van der Waals surface area contributed by atoms with Gasteiger partial charge in [-0.25, -0.2) is 4.98 Å². The highest BCUT2D eigenvalue weighted by Gasteiger charge is 2.11. The van der Waals surface area contributed by atoms with Crippen LogP contribution in [0.3, 0.4) is 0 Å². The zero-order valence-electron chi connectivity index (χ0n) is 8.70. The van der Waals surface area contributed by atoms with Crippen LogP contribution >= 0.6 is 0 Å². The van der Waals surface area contributed by atoms with Gasteiger partial charge in [-0.2, -0.15) is 5.26 Å². The summed E-state index contributed by atoms with van der Waals surface area (Å²) < 4.78 is 0. The fourth-order valence-corrected chi connectivity index (χ4v) is 1.44. The third kappa shape index (κ3) is 2.26. The molecule has 0 saturated heterocycles. The second kappa shape index (κ2) is 4.41. The molecule has 1 heterocycles. The number of hydrogen-bond acceptors (Lipinski definition) is 4. The van der Waals surface area contributed by atoms with E-state index in [1.807, 2.05) is 24.3 Å². The first-order chi connectivity index (χ1) is 8.20. The molecule has 2 aromatic rings. The number of rotatable bonds is 2. The second-order valence-corrected chi connectivity index (χ2v) is 3.33. The number of aromatic nitrogens is 1. The first kappa shape index (κ1) is 10.8. The van der Waals surface area contributed by atoms with E-state index in [0.717, 1.165) is 11.6 Å². The summed E-state index contributed by atoms with van der Waals surface area (Å²) in [6.07, 6.45) is 0. The average Bonchev–Trinajstić information content (AvgIpc) is 2.39. The van der Waals surface area contributed by atoms with Crippen LogP contribution in [0.15, 0.2) is 42.5 Å². The van der Waals surface area contributed by atoms with E-state index in [0.29, 0.717) is 5.69 Å². The van der Waals surface area contributed by atoms with Crippen LogP contribution in [0, 0.1) is 21.4 Å². The maximum Gasteiger partial charge on any atom is 0.274 e. The molecule has 0 unspecified atom stereocenters. The lowest BCUT2D eigenvalue weighted by Crippen LogP contribution is -1.94. The lowest BCUT2D eigenvalue weighted by atomic mass is 10.1. The van der Waals surface area contributed by atoms with E-state index in [9.17, 15) is 10.1 Å². The van der Waals surface area contributed by atoms with Crippen LogP contribution in [0.25, 0.3) is 11.3 Å². The quantitative estimate of drug-likeness (QED) is 0.581. The summed E-state index contributed by atoms with van der Waals surface area (Å²) >= 11 is 0. The molecule has 0 N–H and O–H groups in total. The van der Waals surface area contributed by atoms with Gasteiger partial charge in [0.1, 0.15) is 11.8 Å². The molecule has 0 aliphatic heterocycles. The van der Waals surface area contributed by atoms with Gasteiger partial charge in [-0.3, -0.25) is 10.1 Å². The smallest absolute Gasteiger partial charge is 0.258 e. The number of nitro groups is 1. The molecule has 0 saturated carbocycles. The van der Waals surface area contributed by atoms with Crippen molar-refractivity contribution in [2.45, 2.75) is 0 Å². The summed E-state index contributed by atoms with van der Waals surface area (Å²) in [4.78, 5) is 14.2. The summed E-state index contributed by atoms with van der Waals surface area (Å²) in [5.41, 5.74) is 1.08. The van der Waals surface area contributed by atoms with Gasteiger partial charge < -0.3 is 0 Å². The van der Waals surface area contributed by atoms with E-state index in [1.165, 1.54) is 6.07 Å². The third-order valence-corrected chi connectivity index (χ3v) is 2.21. The Balaban J connectivity index is 2.59. The molecule has 0 amide bonds. The molecule has 17 heavy (non-hydrogen) atoms. The van der Waals surface area contributed by atoms with Gasteiger partial charge in [-0.05, 0) is 0 Å². The summed E-state index contributed by atoms with van der Waals surface area (Å²) in [5.74, 6) is 0. The number of nitriles is 1. The lowest BCUT2D eigenvalue weighted by molar-refractivity contribution is -0.384. The van der Waals surface area contributed by atoms with Gasteiger partial charge in [0.15, 0.2) is 0 Å². The van der Waals surface area contributed by atoms with Gasteiger partial charge >= 0.3 is 0 Å². The van der Waals surface area contributed by atoms with E-state index < -0.39 is 4.92 Å². The predicted octanol–water partition coefficient (Wildman–Crippen LogP) is 2.53. The van der Waals surface area contributed by atoms with Crippen molar-refractivity contribution in [1.29, 1.82) is 5.26 Å². The average molecular weight is 225 g/mol. The molecule has 5 heteroatoms. The summed E-state index contributed by atoms with van der Waals surface area (Å²) in [6.45, 7) is 0. The molecule has 0 radical (unpaired) electrons. The van der Waals surface area contributed by atoms with Gasteiger partial charge in [0.2, 0.25) is 0 Å². The van der Waals surface area contributed by atoms with Gasteiger partial charge in [-0.1, -0.05) is 30.3 Å². The number of benzene rings is 1. The number of hydrogen-bond donors (Lipinski definition) is 0. The molecular weight excluding hydrogens is 218 g/mol. The van der Waals surface area contributed by atoms with Gasteiger partial charge in [0.05, 0.1) is 16.7 Å². The van der Waals surface area contributed by atoms with Crippen LogP contribution in [0.4, 0.5) is 5.69 Å². The van der Waals surface area contributed by atoms with Crippen molar-refractivity contribution in [3.63, 3.8) is 0 Å². The van der Waals surface area contributed by atoms with Crippen LogP contribution in [0.2, 0.25) is 0 Å². The van der Waals surface area contributed by atoms with Gasteiger partial charge in [0.25, 0.3) is 5.69 Å². The van der Waals surface area contributed by atoms with Gasteiger partial charge in [0, 0.05) is 11.6 Å². The summed E-state index contributed by atoms with van der Waals surface area (Å²) in [6, 6.07) is 13.4. The second-order valence-electron chi connectivity index (χ2n) is 3.33. The third-order valence-electron chi connectivity index (χ3n) is 2.21. The molecule has 0 atom stereocenters. The van der Waals surface area contributed by atoms with Gasteiger partial charge in [-0.15, -0.1) is 0 Å². The van der Waals surface area contributed by atoms with E-state index in [1.54, 1.807) is 12.1 Å². The van der Waals surface area contributed by atoms with Crippen LogP contribution in [-0.4, -0.2) is 9.91 Å². The zero-order valence-corrected chi connectivity index (χ0v) is 8.70. The van der Waals surface area contributed by atoms with Crippen molar-refractivity contribution >= 4 is 5.69 Å². The molecule has 0 aliphatic rings. The van der Waals surface area contributed by atoms with E-state index in [4.69, 9.17) is 5.26 Å². The Morgan fingerprint density at radius 1 is 1.24 bits per heavy atom.